The van der Waals surface area contributed by atoms with Crippen LogP contribution in [0, 0.1) is 5.92 Å². The Labute approximate surface area is 99.5 Å². The summed E-state index contributed by atoms with van der Waals surface area (Å²) in [4.78, 5) is 0. The molecular weight excluding hydrogens is 196 g/mol. The fourth-order valence-corrected chi connectivity index (χ4v) is 2.08. The van der Waals surface area contributed by atoms with E-state index < -0.39 is 0 Å². The van der Waals surface area contributed by atoms with Crippen molar-refractivity contribution in [2.24, 2.45) is 5.92 Å². The second-order valence-corrected chi connectivity index (χ2v) is 4.79. The zero-order chi connectivity index (χ0) is 11.8. The van der Waals surface area contributed by atoms with Gasteiger partial charge in [0.2, 0.25) is 0 Å². The highest BCUT2D eigenvalue weighted by molar-refractivity contribution is 5.31. The maximum Gasteiger partial charge on any atom is 0.118 e. The van der Waals surface area contributed by atoms with Gasteiger partial charge in [-0.1, -0.05) is 64.2 Å². The molecule has 0 aliphatic carbocycles. The zero-order valence-corrected chi connectivity index (χ0v) is 10.6. The number of hydrogen-bond acceptors (Lipinski definition) is 1. The molecule has 1 N–H and O–H groups in total. The summed E-state index contributed by atoms with van der Waals surface area (Å²) >= 11 is 0. The van der Waals surface area contributed by atoms with Crippen LogP contribution in [0.1, 0.15) is 51.5 Å². The van der Waals surface area contributed by atoms with Gasteiger partial charge in [0.25, 0.3) is 0 Å². The second-order valence-electron chi connectivity index (χ2n) is 4.79. The third-order valence-corrected chi connectivity index (χ3v) is 3.11. The molecular formula is C15H24O. The molecule has 0 aromatic heterocycles. The Morgan fingerprint density at radius 2 is 1.88 bits per heavy atom. The fraction of sp³-hybridized carbons (Fsp3) is 0.600. The van der Waals surface area contributed by atoms with Crippen molar-refractivity contribution in [1.82, 2.24) is 0 Å². The highest BCUT2D eigenvalue weighted by atomic mass is 16.3. The Morgan fingerprint density at radius 1 is 1.12 bits per heavy atom. The molecule has 0 heterocycles. The maximum absolute atomic E-state index is 9.67. The van der Waals surface area contributed by atoms with Gasteiger partial charge in [-0.15, -0.1) is 0 Å². The van der Waals surface area contributed by atoms with Crippen LogP contribution in [0.15, 0.2) is 24.3 Å². The van der Waals surface area contributed by atoms with Crippen LogP contribution in [0.25, 0.3) is 0 Å². The summed E-state index contributed by atoms with van der Waals surface area (Å²) in [7, 11) is 0. The van der Waals surface area contributed by atoms with Crippen LogP contribution in [0.5, 0.6) is 5.75 Å². The Hall–Kier alpha value is -0.980. The summed E-state index contributed by atoms with van der Waals surface area (Å²) < 4.78 is 0. The molecule has 0 aliphatic rings. The Kier molecular flexibility index (Phi) is 5.99. The molecule has 1 aromatic rings. The van der Waals surface area contributed by atoms with Gasteiger partial charge in [-0.25, -0.2) is 0 Å². The Balaban J connectivity index is 2.28. The molecule has 1 aromatic carbocycles. The standard InChI is InChI=1S/C15H24O/c1-3-4-5-6-9-13(2)12-14-10-7-8-11-15(14)16/h7-8,10-11,13,16H,3-6,9,12H2,1-2H3. The van der Waals surface area contributed by atoms with Gasteiger partial charge in [0, 0.05) is 0 Å². The van der Waals surface area contributed by atoms with Crippen molar-refractivity contribution in [3.63, 3.8) is 0 Å². The average molecular weight is 220 g/mol. The van der Waals surface area contributed by atoms with Crippen LogP contribution >= 0.6 is 0 Å². The highest BCUT2D eigenvalue weighted by Gasteiger charge is 2.06. The van der Waals surface area contributed by atoms with Gasteiger partial charge in [-0.3, -0.25) is 0 Å². The van der Waals surface area contributed by atoms with E-state index in [1.165, 1.54) is 32.1 Å². The van der Waals surface area contributed by atoms with Crippen LogP contribution in [0.2, 0.25) is 0 Å². The number of benzene rings is 1. The van der Waals surface area contributed by atoms with E-state index in [-0.39, 0.29) is 0 Å². The fourth-order valence-electron chi connectivity index (χ4n) is 2.08. The quantitative estimate of drug-likeness (QED) is 0.669. The first-order valence-corrected chi connectivity index (χ1v) is 6.51. The van der Waals surface area contributed by atoms with Crippen molar-refractivity contribution in [2.75, 3.05) is 0 Å². The van der Waals surface area contributed by atoms with E-state index in [0.717, 1.165) is 12.0 Å². The monoisotopic (exact) mass is 220 g/mol. The van der Waals surface area contributed by atoms with Crippen molar-refractivity contribution in [3.05, 3.63) is 29.8 Å². The van der Waals surface area contributed by atoms with Gasteiger partial charge >= 0.3 is 0 Å². The molecule has 0 saturated carbocycles. The van der Waals surface area contributed by atoms with Gasteiger partial charge in [-0.2, -0.15) is 0 Å². The van der Waals surface area contributed by atoms with Crippen LogP contribution < -0.4 is 0 Å². The molecule has 90 valence electrons. The SMILES string of the molecule is CCCCCCC(C)Cc1ccccc1O. The van der Waals surface area contributed by atoms with Crippen LogP contribution in [-0.2, 0) is 6.42 Å². The summed E-state index contributed by atoms with van der Waals surface area (Å²) in [5.74, 6) is 1.12. The summed E-state index contributed by atoms with van der Waals surface area (Å²) in [6, 6.07) is 7.68. The minimum absolute atomic E-state index is 0.447. The van der Waals surface area contributed by atoms with Gasteiger partial charge in [-0.05, 0) is 24.0 Å². The molecule has 16 heavy (non-hydrogen) atoms. The lowest BCUT2D eigenvalue weighted by Gasteiger charge is -2.12. The van der Waals surface area contributed by atoms with Crippen molar-refractivity contribution >= 4 is 0 Å². The summed E-state index contributed by atoms with van der Waals surface area (Å²) in [6.07, 6.45) is 7.59. The van der Waals surface area contributed by atoms with Gasteiger partial charge < -0.3 is 5.11 Å². The lowest BCUT2D eigenvalue weighted by molar-refractivity contribution is 0.446. The molecule has 1 heteroatoms. The average Bonchev–Trinajstić information content (AvgIpc) is 2.28. The molecule has 1 rings (SSSR count). The van der Waals surface area contributed by atoms with E-state index in [2.05, 4.69) is 13.8 Å². The van der Waals surface area contributed by atoms with E-state index in [1.807, 2.05) is 18.2 Å². The van der Waals surface area contributed by atoms with E-state index in [0.29, 0.717) is 11.7 Å². The van der Waals surface area contributed by atoms with Crippen LogP contribution in [-0.4, -0.2) is 5.11 Å². The van der Waals surface area contributed by atoms with Crippen molar-refractivity contribution in [1.29, 1.82) is 0 Å². The molecule has 0 amide bonds. The smallest absolute Gasteiger partial charge is 0.118 e. The number of aromatic hydroxyl groups is 1. The number of rotatable bonds is 7. The number of hydrogen-bond donors (Lipinski definition) is 1. The molecule has 0 radical (unpaired) electrons. The first kappa shape index (κ1) is 13.1. The van der Waals surface area contributed by atoms with E-state index in [1.54, 1.807) is 6.07 Å². The first-order valence-electron chi connectivity index (χ1n) is 6.51. The highest BCUT2D eigenvalue weighted by Crippen LogP contribution is 2.22. The maximum atomic E-state index is 9.67. The molecule has 1 nitrogen and oxygen atoms in total. The number of phenols is 1. The van der Waals surface area contributed by atoms with Crippen LogP contribution in [0.4, 0.5) is 0 Å². The van der Waals surface area contributed by atoms with Crippen molar-refractivity contribution in [2.45, 2.75) is 52.4 Å². The third-order valence-electron chi connectivity index (χ3n) is 3.11. The van der Waals surface area contributed by atoms with Crippen LogP contribution in [0.3, 0.4) is 0 Å². The molecule has 0 saturated heterocycles. The number of phenolic OH excluding ortho intramolecular Hbond substituents is 1. The molecule has 1 unspecified atom stereocenters. The summed E-state index contributed by atoms with van der Waals surface area (Å²) in [6.45, 7) is 4.52. The molecule has 0 spiro atoms. The Morgan fingerprint density at radius 3 is 2.56 bits per heavy atom. The van der Waals surface area contributed by atoms with Crippen molar-refractivity contribution < 1.29 is 5.11 Å². The van der Waals surface area contributed by atoms with E-state index >= 15 is 0 Å². The predicted molar refractivity (Wildman–Crippen MR) is 69.7 cm³/mol. The summed E-state index contributed by atoms with van der Waals surface area (Å²) in [5.41, 5.74) is 1.09. The van der Waals surface area contributed by atoms with Gasteiger partial charge in [0.05, 0.1) is 0 Å². The predicted octanol–water partition coefficient (Wildman–Crippen LogP) is 4.54. The normalized spacial score (nSPS) is 12.6. The second kappa shape index (κ2) is 7.32. The minimum Gasteiger partial charge on any atom is -0.508 e. The van der Waals surface area contributed by atoms with Crippen molar-refractivity contribution in [3.8, 4) is 5.75 Å². The molecule has 0 bridgehead atoms. The summed E-state index contributed by atoms with van der Waals surface area (Å²) in [5, 5.41) is 9.67. The molecule has 1 atom stereocenters. The largest absolute Gasteiger partial charge is 0.508 e. The Bertz CT molecular complexity index is 293. The number of unbranched alkanes of at least 4 members (excludes halogenated alkanes) is 3. The lowest BCUT2D eigenvalue weighted by atomic mass is 9.95. The lowest BCUT2D eigenvalue weighted by Crippen LogP contribution is -2.00. The zero-order valence-electron chi connectivity index (χ0n) is 10.6. The van der Waals surface area contributed by atoms with Gasteiger partial charge in [0.15, 0.2) is 0 Å². The van der Waals surface area contributed by atoms with E-state index in [9.17, 15) is 5.11 Å². The molecule has 0 fully saturated rings. The van der Waals surface area contributed by atoms with E-state index in [4.69, 9.17) is 0 Å². The topological polar surface area (TPSA) is 20.2 Å². The third kappa shape index (κ3) is 4.69. The number of para-hydroxylation sites is 1. The molecule has 0 aliphatic heterocycles. The minimum atomic E-state index is 0.447. The van der Waals surface area contributed by atoms with Gasteiger partial charge in [0.1, 0.15) is 5.75 Å². The first-order chi connectivity index (χ1) is 7.74.